The van der Waals surface area contributed by atoms with Crippen LogP contribution in [0.5, 0.6) is 0 Å². The van der Waals surface area contributed by atoms with Crippen LogP contribution in [0.4, 0.5) is 0 Å². The fourth-order valence-corrected chi connectivity index (χ4v) is 1.61. The maximum atomic E-state index is 10.6. The maximum absolute atomic E-state index is 10.6. The number of carboxylic acids is 1. The van der Waals surface area contributed by atoms with Gasteiger partial charge in [-0.1, -0.05) is 39.5 Å². The summed E-state index contributed by atoms with van der Waals surface area (Å²) < 4.78 is 0. The van der Waals surface area contributed by atoms with Crippen molar-refractivity contribution in [2.75, 3.05) is 6.54 Å². The highest BCUT2D eigenvalue weighted by Crippen LogP contribution is 2.06. The van der Waals surface area contributed by atoms with E-state index in [-0.39, 0.29) is 12.5 Å². The van der Waals surface area contributed by atoms with Gasteiger partial charge in [-0.15, -0.1) is 0 Å². The van der Waals surface area contributed by atoms with Gasteiger partial charge in [-0.25, -0.2) is 0 Å². The van der Waals surface area contributed by atoms with Gasteiger partial charge in [0.1, 0.15) is 0 Å². The molecule has 0 radical (unpaired) electrons. The molecule has 0 fully saturated rings. The summed E-state index contributed by atoms with van der Waals surface area (Å²) in [6, 6.07) is 0.167. The molecule has 1 atom stereocenters. The lowest BCUT2D eigenvalue weighted by atomic mass is 10.1. The first kappa shape index (κ1) is 14.4. The Morgan fingerprint density at radius 3 is 2.40 bits per heavy atom. The number of hydrogen-bond acceptors (Lipinski definition) is 2. The van der Waals surface area contributed by atoms with E-state index in [1.165, 1.54) is 12.8 Å². The number of unbranched alkanes of at least 4 members (excludes halogenated alkanes) is 3. The van der Waals surface area contributed by atoms with Crippen LogP contribution in [0.25, 0.3) is 0 Å². The van der Waals surface area contributed by atoms with Gasteiger partial charge in [0.15, 0.2) is 0 Å². The normalized spacial score (nSPS) is 12.7. The van der Waals surface area contributed by atoms with Gasteiger partial charge in [0.2, 0.25) is 0 Å². The van der Waals surface area contributed by atoms with Crippen molar-refractivity contribution < 1.29 is 9.90 Å². The van der Waals surface area contributed by atoms with Crippen molar-refractivity contribution in [2.24, 2.45) is 0 Å². The number of aliphatic carboxylic acids is 1. The average molecular weight is 215 g/mol. The molecule has 3 heteroatoms. The third-order valence-corrected chi connectivity index (χ3v) is 2.54. The molecule has 15 heavy (non-hydrogen) atoms. The van der Waals surface area contributed by atoms with Crippen molar-refractivity contribution in [3.05, 3.63) is 0 Å². The molecule has 3 nitrogen and oxygen atoms in total. The van der Waals surface area contributed by atoms with E-state index in [1.807, 2.05) is 0 Å². The van der Waals surface area contributed by atoms with Crippen LogP contribution >= 0.6 is 0 Å². The first-order valence-corrected chi connectivity index (χ1v) is 6.15. The summed E-state index contributed by atoms with van der Waals surface area (Å²) in [7, 11) is 0. The first-order valence-electron chi connectivity index (χ1n) is 6.15. The molecule has 0 saturated heterocycles. The summed E-state index contributed by atoms with van der Waals surface area (Å²) in [6.45, 7) is 5.25. The molecule has 0 spiro atoms. The standard InChI is InChI=1S/C12H25NO2/c1-3-5-7-8-11(10-12(14)15)13-9-6-4-2/h11,13H,3-10H2,1-2H3,(H,14,15). The second kappa shape index (κ2) is 9.97. The molecule has 2 N–H and O–H groups in total. The van der Waals surface area contributed by atoms with Crippen LogP contribution in [0, 0.1) is 0 Å². The molecule has 0 amide bonds. The number of hydrogen-bond donors (Lipinski definition) is 2. The zero-order valence-corrected chi connectivity index (χ0v) is 10.1. The molecule has 0 saturated carbocycles. The van der Waals surface area contributed by atoms with E-state index in [4.69, 9.17) is 5.11 Å². The molecular weight excluding hydrogens is 190 g/mol. The van der Waals surface area contributed by atoms with Crippen LogP contribution < -0.4 is 5.32 Å². The minimum absolute atomic E-state index is 0.167. The topological polar surface area (TPSA) is 49.3 Å². The van der Waals surface area contributed by atoms with E-state index in [9.17, 15) is 4.79 Å². The van der Waals surface area contributed by atoms with Crippen molar-refractivity contribution in [2.45, 2.75) is 64.8 Å². The number of rotatable bonds is 10. The van der Waals surface area contributed by atoms with E-state index in [1.54, 1.807) is 0 Å². The highest BCUT2D eigenvalue weighted by molar-refractivity contribution is 5.67. The molecule has 0 aliphatic heterocycles. The molecule has 0 aromatic rings. The van der Waals surface area contributed by atoms with E-state index in [0.717, 1.165) is 32.2 Å². The van der Waals surface area contributed by atoms with E-state index >= 15 is 0 Å². The Balaban J connectivity index is 3.68. The van der Waals surface area contributed by atoms with Gasteiger partial charge in [0.05, 0.1) is 6.42 Å². The maximum Gasteiger partial charge on any atom is 0.304 e. The Hall–Kier alpha value is -0.570. The van der Waals surface area contributed by atoms with Crippen LogP contribution in [-0.2, 0) is 4.79 Å². The zero-order chi connectivity index (χ0) is 11.5. The molecule has 0 aliphatic carbocycles. The Kier molecular flexibility index (Phi) is 9.59. The molecule has 90 valence electrons. The van der Waals surface area contributed by atoms with Crippen molar-refractivity contribution >= 4 is 5.97 Å². The summed E-state index contributed by atoms with van der Waals surface area (Å²) in [5.41, 5.74) is 0. The molecule has 0 rings (SSSR count). The molecule has 1 unspecified atom stereocenters. The summed E-state index contributed by atoms with van der Waals surface area (Å²) in [4.78, 5) is 10.6. The summed E-state index contributed by atoms with van der Waals surface area (Å²) in [6.07, 6.45) is 7.05. The van der Waals surface area contributed by atoms with Crippen LogP contribution in [-0.4, -0.2) is 23.7 Å². The predicted molar refractivity (Wildman–Crippen MR) is 63.1 cm³/mol. The van der Waals surface area contributed by atoms with Crippen molar-refractivity contribution in [1.29, 1.82) is 0 Å². The first-order chi connectivity index (χ1) is 7.20. The smallest absolute Gasteiger partial charge is 0.304 e. The monoisotopic (exact) mass is 215 g/mol. The van der Waals surface area contributed by atoms with Crippen LogP contribution in [0.15, 0.2) is 0 Å². The van der Waals surface area contributed by atoms with Crippen molar-refractivity contribution in [3.63, 3.8) is 0 Å². The Morgan fingerprint density at radius 2 is 1.87 bits per heavy atom. The number of carbonyl (C=O) groups is 1. The summed E-state index contributed by atoms with van der Waals surface area (Å²) in [5, 5.41) is 12.1. The Labute approximate surface area is 93.3 Å². The van der Waals surface area contributed by atoms with E-state index in [2.05, 4.69) is 19.2 Å². The minimum atomic E-state index is -0.694. The van der Waals surface area contributed by atoms with Gasteiger partial charge in [-0.05, 0) is 19.4 Å². The predicted octanol–water partition coefficient (Wildman–Crippen LogP) is 2.80. The van der Waals surface area contributed by atoms with E-state index < -0.39 is 5.97 Å². The number of carboxylic acid groups (broad SMARTS) is 1. The molecule has 0 aromatic carbocycles. The van der Waals surface area contributed by atoms with Gasteiger partial charge in [0.25, 0.3) is 0 Å². The molecule has 0 bridgehead atoms. The highest BCUT2D eigenvalue weighted by Gasteiger charge is 2.11. The second-order valence-corrected chi connectivity index (χ2v) is 4.10. The Morgan fingerprint density at radius 1 is 1.20 bits per heavy atom. The quantitative estimate of drug-likeness (QED) is 0.551. The minimum Gasteiger partial charge on any atom is -0.481 e. The van der Waals surface area contributed by atoms with Crippen LogP contribution in [0.3, 0.4) is 0 Å². The molecule has 0 aromatic heterocycles. The van der Waals surface area contributed by atoms with Crippen molar-refractivity contribution in [1.82, 2.24) is 5.32 Å². The van der Waals surface area contributed by atoms with Gasteiger partial charge >= 0.3 is 5.97 Å². The third kappa shape index (κ3) is 9.73. The lowest BCUT2D eigenvalue weighted by molar-refractivity contribution is -0.137. The zero-order valence-electron chi connectivity index (χ0n) is 10.1. The average Bonchev–Trinajstić information content (AvgIpc) is 2.17. The number of nitrogens with one attached hydrogen (secondary N) is 1. The summed E-state index contributed by atoms with van der Waals surface area (Å²) >= 11 is 0. The Bertz CT molecular complexity index is 150. The lowest BCUT2D eigenvalue weighted by Crippen LogP contribution is -2.32. The molecule has 0 aliphatic rings. The fourth-order valence-electron chi connectivity index (χ4n) is 1.61. The molecule has 0 heterocycles. The molecular formula is C12H25NO2. The highest BCUT2D eigenvalue weighted by atomic mass is 16.4. The van der Waals surface area contributed by atoms with Gasteiger partial charge in [-0.3, -0.25) is 4.79 Å². The van der Waals surface area contributed by atoms with Crippen LogP contribution in [0.1, 0.15) is 58.8 Å². The largest absolute Gasteiger partial charge is 0.481 e. The van der Waals surface area contributed by atoms with Crippen LogP contribution in [0.2, 0.25) is 0 Å². The van der Waals surface area contributed by atoms with Gasteiger partial charge in [-0.2, -0.15) is 0 Å². The van der Waals surface area contributed by atoms with E-state index in [0.29, 0.717) is 0 Å². The fraction of sp³-hybridized carbons (Fsp3) is 0.917. The van der Waals surface area contributed by atoms with Crippen molar-refractivity contribution in [3.8, 4) is 0 Å². The van der Waals surface area contributed by atoms with Gasteiger partial charge < -0.3 is 10.4 Å². The van der Waals surface area contributed by atoms with Gasteiger partial charge in [0, 0.05) is 6.04 Å². The third-order valence-electron chi connectivity index (χ3n) is 2.54. The second-order valence-electron chi connectivity index (χ2n) is 4.10. The summed E-state index contributed by atoms with van der Waals surface area (Å²) in [5.74, 6) is -0.694. The lowest BCUT2D eigenvalue weighted by Gasteiger charge is -2.16. The SMILES string of the molecule is CCCCCC(CC(=O)O)NCCCC.